The summed E-state index contributed by atoms with van der Waals surface area (Å²) in [6.45, 7) is 9.02. The van der Waals surface area contributed by atoms with Crippen molar-refractivity contribution >= 4 is 40.8 Å². The van der Waals surface area contributed by atoms with E-state index in [1.807, 2.05) is 36.9 Å². The molecule has 0 bridgehead atoms. The van der Waals surface area contributed by atoms with Gasteiger partial charge in [0.1, 0.15) is 5.82 Å². The molecule has 1 aromatic carbocycles. The molecule has 1 aromatic heterocycles. The van der Waals surface area contributed by atoms with E-state index in [1.54, 1.807) is 13.1 Å². The average Bonchev–Trinajstić information content (AvgIpc) is 2.79. The van der Waals surface area contributed by atoms with Crippen LogP contribution in [0.15, 0.2) is 41.5 Å². The third kappa shape index (κ3) is 5.71. The zero-order valence-corrected chi connectivity index (χ0v) is 19.2. The summed E-state index contributed by atoms with van der Waals surface area (Å²) in [6.07, 6.45) is 1.78. The number of rotatable bonds is 4. The largest absolute Gasteiger partial charge is 0.368 e. The minimum atomic E-state index is -0.296. The van der Waals surface area contributed by atoms with E-state index in [0.717, 1.165) is 48.8 Å². The van der Waals surface area contributed by atoms with Gasteiger partial charge in [0.05, 0.1) is 12.2 Å². The Morgan fingerprint density at radius 2 is 1.82 bits per heavy atom. The van der Waals surface area contributed by atoms with Crippen LogP contribution in [0.2, 0.25) is 0 Å². The summed E-state index contributed by atoms with van der Waals surface area (Å²) in [4.78, 5) is 36.4. The standard InChI is InChI=1S/C23H30N8O2/c1-15(2)26-23(33)29-22-25-14-17-13-24-21(12-20(17)28-22)27-18-4-6-19(7-5-18)31-10-8-30(9-11-31)16(3)32/h4-7,12-13,15H,8-11,14H2,1-3H3,(H,24,27)(H3,25,26,28,29,33). The molecule has 10 heteroatoms. The van der Waals surface area contributed by atoms with Crippen molar-refractivity contribution in [2.24, 2.45) is 4.99 Å². The van der Waals surface area contributed by atoms with Crippen LogP contribution in [-0.2, 0) is 11.3 Å². The van der Waals surface area contributed by atoms with Gasteiger partial charge in [0, 0.05) is 68.3 Å². The molecule has 2 aliphatic heterocycles. The zero-order chi connectivity index (χ0) is 23.4. The predicted octanol–water partition coefficient (Wildman–Crippen LogP) is 2.48. The van der Waals surface area contributed by atoms with Gasteiger partial charge < -0.3 is 25.8 Å². The van der Waals surface area contributed by atoms with E-state index in [2.05, 4.69) is 48.3 Å². The molecule has 0 spiro atoms. The summed E-state index contributed by atoms with van der Waals surface area (Å²) in [5.41, 5.74) is 3.86. The molecular weight excluding hydrogens is 420 g/mol. The van der Waals surface area contributed by atoms with E-state index in [4.69, 9.17) is 0 Å². The summed E-state index contributed by atoms with van der Waals surface area (Å²) in [5, 5.41) is 12.0. The van der Waals surface area contributed by atoms with Crippen LogP contribution >= 0.6 is 0 Å². The van der Waals surface area contributed by atoms with Crippen molar-refractivity contribution in [1.29, 1.82) is 0 Å². The van der Waals surface area contributed by atoms with Gasteiger partial charge in [-0.05, 0) is 38.1 Å². The molecule has 2 aliphatic rings. The summed E-state index contributed by atoms with van der Waals surface area (Å²) in [5.74, 6) is 1.23. The molecule has 33 heavy (non-hydrogen) atoms. The Hall–Kier alpha value is -3.82. The van der Waals surface area contributed by atoms with Crippen molar-refractivity contribution < 1.29 is 9.59 Å². The lowest BCUT2D eigenvalue weighted by Gasteiger charge is -2.35. The van der Waals surface area contributed by atoms with Crippen LogP contribution in [0.3, 0.4) is 0 Å². The molecule has 3 amide bonds. The number of guanidine groups is 1. The number of fused-ring (bicyclic) bond motifs is 1. The first-order valence-electron chi connectivity index (χ1n) is 11.1. The number of urea groups is 1. The Bertz CT molecular complexity index is 1040. The fourth-order valence-corrected chi connectivity index (χ4v) is 3.79. The minimum Gasteiger partial charge on any atom is -0.368 e. The van der Waals surface area contributed by atoms with Gasteiger partial charge in [-0.3, -0.25) is 10.1 Å². The Balaban J connectivity index is 1.35. The highest BCUT2D eigenvalue weighted by Gasteiger charge is 2.19. The van der Waals surface area contributed by atoms with E-state index in [1.165, 1.54) is 0 Å². The number of aromatic nitrogens is 1. The van der Waals surface area contributed by atoms with Gasteiger partial charge in [0.15, 0.2) is 0 Å². The molecule has 0 unspecified atom stereocenters. The maximum Gasteiger partial charge on any atom is 0.321 e. The molecule has 1 saturated heterocycles. The number of hydrogen-bond acceptors (Lipinski definition) is 7. The highest BCUT2D eigenvalue weighted by molar-refractivity contribution is 6.05. The van der Waals surface area contributed by atoms with Gasteiger partial charge in [0.25, 0.3) is 0 Å². The molecule has 0 radical (unpaired) electrons. The van der Waals surface area contributed by atoms with Gasteiger partial charge in [-0.15, -0.1) is 0 Å². The summed E-state index contributed by atoms with van der Waals surface area (Å²) < 4.78 is 0. The van der Waals surface area contributed by atoms with Gasteiger partial charge >= 0.3 is 6.03 Å². The number of anilines is 4. The van der Waals surface area contributed by atoms with E-state index >= 15 is 0 Å². The van der Waals surface area contributed by atoms with Crippen molar-refractivity contribution in [1.82, 2.24) is 20.5 Å². The maximum atomic E-state index is 11.9. The summed E-state index contributed by atoms with van der Waals surface area (Å²) in [7, 11) is 0. The van der Waals surface area contributed by atoms with E-state index in [9.17, 15) is 9.59 Å². The molecular formula is C23H30N8O2. The maximum absolute atomic E-state index is 11.9. The van der Waals surface area contributed by atoms with Crippen molar-refractivity contribution in [3.05, 3.63) is 42.1 Å². The lowest BCUT2D eigenvalue weighted by Crippen LogP contribution is -2.48. The van der Waals surface area contributed by atoms with Crippen molar-refractivity contribution in [3.8, 4) is 0 Å². The highest BCUT2D eigenvalue weighted by Crippen LogP contribution is 2.26. The van der Waals surface area contributed by atoms with Gasteiger partial charge in [0.2, 0.25) is 11.9 Å². The molecule has 0 saturated carbocycles. The van der Waals surface area contributed by atoms with Crippen LogP contribution < -0.4 is 26.2 Å². The van der Waals surface area contributed by atoms with Crippen LogP contribution in [0.5, 0.6) is 0 Å². The normalized spacial score (nSPS) is 15.3. The Kier molecular flexibility index (Phi) is 6.62. The second-order valence-electron chi connectivity index (χ2n) is 8.43. The van der Waals surface area contributed by atoms with Crippen molar-refractivity contribution in [2.45, 2.75) is 33.4 Å². The number of aliphatic imine (C=N–C) groups is 1. The topological polar surface area (TPSA) is 114 Å². The molecule has 2 aromatic rings. The first kappa shape index (κ1) is 22.4. The van der Waals surface area contributed by atoms with E-state index < -0.39 is 0 Å². The fourth-order valence-electron chi connectivity index (χ4n) is 3.79. The van der Waals surface area contributed by atoms with Gasteiger partial charge in [-0.1, -0.05) is 0 Å². The highest BCUT2D eigenvalue weighted by atomic mass is 16.2. The lowest BCUT2D eigenvalue weighted by atomic mass is 10.2. The second kappa shape index (κ2) is 9.76. The molecule has 174 valence electrons. The van der Waals surface area contributed by atoms with Crippen molar-refractivity contribution in [3.63, 3.8) is 0 Å². The Morgan fingerprint density at radius 3 is 2.48 bits per heavy atom. The number of nitrogens with one attached hydrogen (secondary N) is 4. The number of benzene rings is 1. The minimum absolute atomic E-state index is 0.0398. The Labute approximate surface area is 193 Å². The molecule has 10 nitrogen and oxygen atoms in total. The molecule has 0 aliphatic carbocycles. The number of amides is 3. The number of carbonyl (C=O) groups is 2. The fraction of sp³-hybridized carbons (Fsp3) is 0.391. The number of pyridine rings is 1. The SMILES string of the molecule is CC(=O)N1CCN(c2ccc(Nc3cc4c(cn3)CN=C(NC(=O)NC(C)C)N4)cc2)CC1. The monoisotopic (exact) mass is 450 g/mol. The predicted molar refractivity (Wildman–Crippen MR) is 130 cm³/mol. The first-order valence-corrected chi connectivity index (χ1v) is 11.1. The van der Waals surface area contributed by atoms with Crippen LogP contribution in [0.4, 0.5) is 27.7 Å². The van der Waals surface area contributed by atoms with E-state index in [-0.39, 0.29) is 18.0 Å². The quantitative estimate of drug-likeness (QED) is 0.569. The van der Waals surface area contributed by atoms with Crippen LogP contribution in [0.25, 0.3) is 0 Å². The lowest BCUT2D eigenvalue weighted by molar-refractivity contribution is -0.129. The summed E-state index contributed by atoms with van der Waals surface area (Å²) >= 11 is 0. The number of piperazine rings is 1. The molecule has 4 rings (SSSR count). The Morgan fingerprint density at radius 1 is 1.09 bits per heavy atom. The molecule has 4 N–H and O–H groups in total. The van der Waals surface area contributed by atoms with Crippen LogP contribution in [-0.4, -0.2) is 60.0 Å². The number of hydrogen-bond donors (Lipinski definition) is 4. The van der Waals surface area contributed by atoms with Gasteiger partial charge in [-0.25, -0.2) is 14.8 Å². The zero-order valence-electron chi connectivity index (χ0n) is 19.2. The van der Waals surface area contributed by atoms with Gasteiger partial charge in [-0.2, -0.15) is 0 Å². The molecule has 3 heterocycles. The third-order valence-electron chi connectivity index (χ3n) is 5.53. The molecule has 0 atom stereocenters. The third-order valence-corrected chi connectivity index (χ3v) is 5.53. The summed E-state index contributed by atoms with van der Waals surface area (Å²) in [6, 6.07) is 9.83. The van der Waals surface area contributed by atoms with Crippen molar-refractivity contribution in [2.75, 3.05) is 41.7 Å². The smallest absolute Gasteiger partial charge is 0.321 e. The molecule has 1 fully saturated rings. The second-order valence-corrected chi connectivity index (χ2v) is 8.43. The first-order chi connectivity index (χ1) is 15.9. The number of carbonyl (C=O) groups excluding carboxylic acids is 2. The van der Waals surface area contributed by atoms with Crippen LogP contribution in [0.1, 0.15) is 26.3 Å². The average molecular weight is 451 g/mol. The number of nitrogens with zero attached hydrogens (tertiary/aromatic N) is 4. The van der Waals surface area contributed by atoms with Crippen LogP contribution in [0, 0.1) is 0 Å². The van der Waals surface area contributed by atoms with E-state index in [0.29, 0.717) is 18.3 Å².